The van der Waals surface area contributed by atoms with Crippen molar-refractivity contribution < 1.29 is 13.6 Å². The van der Waals surface area contributed by atoms with Gasteiger partial charge in [0.05, 0.1) is 0 Å². The highest BCUT2D eigenvalue weighted by Crippen LogP contribution is 2.29. The lowest BCUT2D eigenvalue weighted by molar-refractivity contribution is -0.146. The molecule has 1 rings (SSSR count). The molecule has 7 heteroatoms. The van der Waals surface area contributed by atoms with Crippen LogP contribution in [-0.4, -0.2) is 25.5 Å². The second-order valence-electron chi connectivity index (χ2n) is 4.09. The van der Waals surface area contributed by atoms with Crippen LogP contribution >= 0.6 is 24.0 Å². The summed E-state index contributed by atoms with van der Waals surface area (Å²) in [7, 11) is 0. The molecule has 114 valence electrons. The van der Waals surface area contributed by atoms with E-state index in [0.29, 0.717) is 6.54 Å². The minimum absolute atomic E-state index is 0. The van der Waals surface area contributed by atoms with Crippen molar-refractivity contribution in [3.63, 3.8) is 0 Å². The van der Waals surface area contributed by atoms with Crippen LogP contribution in [0.4, 0.5) is 8.78 Å². The van der Waals surface area contributed by atoms with Gasteiger partial charge < -0.3 is 10.6 Å². The Hall–Kier alpha value is -0.910. The number of benzene rings is 1. The average molecular weight is 327 g/mol. The van der Waals surface area contributed by atoms with Crippen molar-refractivity contribution >= 4 is 29.9 Å². The second-order valence-corrected chi connectivity index (χ2v) is 4.53. The Balaban J connectivity index is 0.00000361. The van der Waals surface area contributed by atoms with Gasteiger partial charge in [0, 0.05) is 23.7 Å². The first-order chi connectivity index (χ1) is 8.98. The topological polar surface area (TPSA) is 41.1 Å². The van der Waals surface area contributed by atoms with E-state index in [2.05, 4.69) is 10.6 Å². The van der Waals surface area contributed by atoms with Crippen LogP contribution < -0.4 is 10.6 Å². The van der Waals surface area contributed by atoms with Crippen molar-refractivity contribution in [3.05, 3.63) is 34.9 Å². The molecule has 0 heterocycles. The van der Waals surface area contributed by atoms with E-state index in [1.54, 1.807) is 0 Å². The summed E-state index contributed by atoms with van der Waals surface area (Å²) in [5.41, 5.74) is -0.404. The van der Waals surface area contributed by atoms with E-state index >= 15 is 0 Å². The van der Waals surface area contributed by atoms with Crippen LogP contribution in [0.3, 0.4) is 0 Å². The highest BCUT2D eigenvalue weighted by atomic mass is 35.5. The molecule has 0 unspecified atom stereocenters. The summed E-state index contributed by atoms with van der Waals surface area (Å²) in [6, 6.07) is 5.15. The molecule has 1 aromatic carbocycles. The lowest BCUT2D eigenvalue weighted by Crippen LogP contribution is -2.41. The minimum atomic E-state index is -3.57. The van der Waals surface area contributed by atoms with Crippen molar-refractivity contribution in [2.24, 2.45) is 0 Å². The van der Waals surface area contributed by atoms with Crippen molar-refractivity contribution in [2.45, 2.75) is 19.3 Å². The summed E-state index contributed by atoms with van der Waals surface area (Å²) < 4.78 is 27.6. The van der Waals surface area contributed by atoms with Crippen molar-refractivity contribution in [1.29, 1.82) is 0 Å². The number of amides is 1. The number of hydrogen-bond acceptors (Lipinski definition) is 2. The molecule has 0 bridgehead atoms. The highest BCUT2D eigenvalue weighted by Gasteiger charge is 2.40. The fraction of sp³-hybridized carbons (Fsp3) is 0.462. The predicted molar refractivity (Wildman–Crippen MR) is 78.8 cm³/mol. The maximum absolute atomic E-state index is 13.8. The van der Waals surface area contributed by atoms with Gasteiger partial charge in [0.15, 0.2) is 0 Å². The summed E-state index contributed by atoms with van der Waals surface area (Å²) in [5, 5.41) is 5.39. The van der Waals surface area contributed by atoms with Crippen LogP contribution in [0.5, 0.6) is 0 Å². The Morgan fingerprint density at radius 2 is 2.00 bits per heavy atom. The molecule has 0 aromatic heterocycles. The van der Waals surface area contributed by atoms with Crippen LogP contribution in [0.1, 0.15) is 18.9 Å². The third-order valence-corrected chi connectivity index (χ3v) is 2.72. The van der Waals surface area contributed by atoms with E-state index in [1.807, 2.05) is 6.92 Å². The van der Waals surface area contributed by atoms with Crippen molar-refractivity contribution in [3.8, 4) is 0 Å². The van der Waals surface area contributed by atoms with Gasteiger partial charge in [-0.1, -0.05) is 30.7 Å². The van der Waals surface area contributed by atoms with E-state index in [9.17, 15) is 13.6 Å². The Kier molecular flexibility index (Phi) is 8.69. The summed E-state index contributed by atoms with van der Waals surface area (Å²) in [6.07, 6.45) is 0.951. The summed E-state index contributed by atoms with van der Waals surface area (Å²) in [5.74, 6) is -4.89. The van der Waals surface area contributed by atoms with Crippen molar-refractivity contribution in [1.82, 2.24) is 10.6 Å². The number of nitrogens with one attached hydrogen (secondary N) is 2. The van der Waals surface area contributed by atoms with Gasteiger partial charge in [0.2, 0.25) is 0 Å². The van der Waals surface area contributed by atoms with Gasteiger partial charge in [0.1, 0.15) is 0 Å². The fourth-order valence-electron chi connectivity index (χ4n) is 1.49. The van der Waals surface area contributed by atoms with Gasteiger partial charge in [-0.3, -0.25) is 4.79 Å². The molecule has 0 atom stereocenters. The van der Waals surface area contributed by atoms with E-state index in [1.165, 1.54) is 18.2 Å². The Morgan fingerprint density at radius 3 is 2.60 bits per heavy atom. The molecule has 0 fully saturated rings. The number of rotatable bonds is 7. The molecule has 3 nitrogen and oxygen atoms in total. The van der Waals surface area contributed by atoms with E-state index < -0.39 is 17.4 Å². The fourth-order valence-corrected chi connectivity index (χ4v) is 1.68. The average Bonchev–Trinajstić information content (AvgIpc) is 2.38. The second kappa shape index (κ2) is 9.10. The van der Waals surface area contributed by atoms with Gasteiger partial charge >= 0.3 is 5.92 Å². The maximum atomic E-state index is 13.8. The molecule has 1 amide bonds. The van der Waals surface area contributed by atoms with Gasteiger partial charge in [-0.05, 0) is 25.1 Å². The summed E-state index contributed by atoms with van der Waals surface area (Å²) >= 11 is 5.64. The summed E-state index contributed by atoms with van der Waals surface area (Å²) in [4.78, 5) is 11.5. The lowest BCUT2D eigenvalue weighted by atomic mass is 10.1. The Labute approximate surface area is 128 Å². The molecule has 0 spiro atoms. The molecular formula is C13H18Cl2F2N2O. The molecule has 2 N–H and O–H groups in total. The molecule has 0 aliphatic carbocycles. The van der Waals surface area contributed by atoms with Gasteiger partial charge in [-0.15, -0.1) is 12.4 Å². The standard InChI is InChI=1S/C13H17ClF2N2O.ClH/c1-2-6-17-7-8-18-12(19)13(15,16)10-4-3-5-11(14)9-10;/h3-5,9,17H,2,6-8H2,1H3,(H,18,19);1H. The normalized spacial score (nSPS) is 10.8. The maximum Gasteiger partial charge on any atom is 0.349 e. The molecule has 0 aliphatic heterocycles. The van der Waals surface area contributed by atoms with E-state index in [4.69, 9.17) is 11.6 Å². The van der Waals surface area contributed by atoms with E-state index in [0.717, 1.165) is 19.0 Å². The van der Waals surface area contributed by atoms with Crippen LogP contribution in [0.15, 0.2) is 24.3 Å². The number of carbonyl (C=O) groups is 1. The van der Waals surface area contributed by atoms with Gasteiger partial charge in [-0.2, -0.15) is 8.78 Å². The third-order valence-electron chi connectivity index (χ3n) is 2.49. The molecule has 0 aliphatic rings. The third kappa shape index (κ3) is 5.61. The Morgan fingerprint density at radius 1 is 1.30 bits per heavy atom. The lowest BCUT2D eigenvalue weighted by Gasteiger charge is -2.16. The highest BCUT2D eigenvalue weighted by molar-refractivity contribution is 6.30. The predicted octanol–water partition coefficient (Wildman–Crippen LogP) is 2.97. The molecular weight excluding hydrogens is 309 g/mol. The number of alkyl halides is 2. The molecule has 0 saturated heterocycles. The van der Waals surface area contributed by atoms with Crippen LogP contribution in [0.2, 0.25) is 5.02 Å². The largest absolute Gasteiger partial charge is 0.349 e. The molecule has 0 radical (unpaired) electrons. The van der Waals surface area contributed by atoms with Crippen LogP contribution in [0.25, 0.3) is 0 Å². The van der Waals surface area contributed by atoms with Crippen LogP contribution in [-0.2, 0) is 10.7 Å². The zero-order valence-corrected chi connectivity index (χ0v) is 12.7. The first-order valence-corrected chi connectivity index (χ1v) is 6.49. The molecule has 20 heavy (non-hydrogen) atoms. The molecule has 0 saturated carbocycles. The zero-order valence-electron chi connectivity index (χ0n) is 11.1. The van der Waals surface area contributed by atoms with Gasteiger partial charge in [-0.25, -0.2) is 0 Å². The zero-order chi connectivity index (χ0) is 14.3. The van der Waals surface area contributed by atoms with Crippen molar-refractivity contribution in [2.75, 3.05) is 19.6 Å². The van der Waals surface area contributed by atoms with Crippen LogP contribution in [0, 0.1) is 0 Å². The van der Waals surface area contributed by atoms with Gasteiger partial charge in [0.25, 0.3) is 5.91 Å². The summed E-state index contributed by atoms with van der Waals surface area (Å²) in [6.45, 7) is 3.42. The number of halogens is 4. The SMILES string of the molecule is CCCNCCNC(=O)C(F)(F)c1cccc(Cl)c1.Cl. The van der Waals surface area contributed by atoms with E-state index in [-0.39, 0.29) is 24.0 Å². The monoisotopic (exact) mass is 326 g/mol. The number of carbonyl (C=O) groups excluding carboxylic acids is 1. The quantitative estimate of drug-likeness (QED) is 0.756. The minimum Gasteiger partial charge on any atom is -0.349 e. The smallest absolute Gasteiger partial charge is 0.349 e. The number of hydrogen-bond donors (Lipinski definition) is 2. The Bertz CT molecular complexity index is 431. The first kappa shape index (κ1) is 19.1. The first-order valence-electron chi connectivity index (χ1n) is 6.11. The molecule has 1 aromatic rings.